The van der Waals surface area contributed by atoms with Gasteiger partial charge >= 0.3 is 5.97 Å². The van der Waals surface area contributed by atoms with Crippen LogP contribution >= 0.6 is 0 Å². The van der Waals surface area contributed by atoms with E-state index in [1.807, 2.05) is 6.92 Å². The van der Waals surface area contributed by atoms with E-state index < -0.39 is 5.97 Å². The summed E-state index contributed by atoms with van der Waals surface area (Å²) >= 11 is 0. The average molecular weight is 343 g/mol. The third-order valence-electron chi connectivity index (χ3n) is 2.43. The van der Waals surface area contributed by atoms with Crippen molar-refractivity contribution in [2.75, 3.05) is 0 Å². The Bertz CT molecular complexity index is 136. The molecule has 2 atom stereocenters. The van der Waals surface area contributed by atoms with Gasteiger partial charge in [0.1, 0.15) is 0 Å². The van der Waals surface area contributed by atoms with E-state index in [2.05, 4.69) is 0 Å². The molecular weight excluding hydrogens is 329 g/mol. The van der Waals surface area contributed by atoms with Gasteiger partial charge in [0, 0.05) is 27.7 Å². The normalized spacial score (nSPS) is 30.6. The third-order valence-corrected chi connectivity index (χ3v) is 2.43. The SMILES string of the molecule is CC1CCCCC1C(=O)O.[Hg]. The summed E-state index contributed by atoms with van der Waals surface area (Å²) in [5, 5.41) is 8.71. The van der Waals surface area contributed by atoms with Crippen molar-refractivity contribution in [2.45, 2.75) is 32.6 Å². The van der Waals surface area contributed by atoms with E-state index in [9.17, 15) is 4.79 Å². The molecule has 0 bridgehead atoms. The van der Waals surface area contributed by atoms with Crippen molar-refractivity contribution in [3.63, 3.8) is 0 Å². The number of hydrogen-bond donors (Lipinski definition) is 1. The second-order valence-electron chi connectivity index (χ2n) is 3.21. The first kappa shape index (κ1) is 11.4. The van der Waals surface area contributed by atoms with Crippen LogP contribution in [0.2, 0.25) is 0 Å². The van der Waals surface area contributed by atoms with Crippen LogP contribution in [0.15, 0.2) is 0 Å². The molecule has 1 rings (SSSR count). The topological polar surface area (TPSA) is 37.3 Å². The third kappa shape index (κ3) is 3.10. The molecule has 1 N–H and O–H groups in total. The van der Waals surface area contributed by atoms with Gasteiger partial charge in [-0.3, -0.25) is 4.79 Å². The molecule has 0 aromatic rings. The number of carbonyl (C=O) groups is 1. The molecule has 0 aliphatic heterocycles. The number of hydrogen-bond acceptors (Lipinski definition) is 1. The molecule has 2 nitrogen and oxygen atoms in total. The van der Waals surface area contributed by atoms with Crippen LogP contribution in [0.25, 0.3) is 0 Å². The molecule has 1 aliphatic rings. The van der Waals surface area contributed by atoms with Crippen LogP contribution in [0.3, 0.4) is 0 Å². The summed E-state index contributed by atoms with van der Waals surface area (Å²) in [4.78, 5) is 10.6. The van der Waals surface area contributed by atoms with Crippen LogP contribution in [0, 0.1) is 11.8 Å². The summed E-state index contributed by atoms with van der Waals surface area (Å²) < 4.78 is 0. The van der Waals surface area contributed by atoms with Crippen LogP contribution in [-0.4, -0.2) is 11.1 Å². The summed E-state index contributed by atoms with van der Waals surface area (Å²) in [6.45, 7) is 2.04. The fourth-order valence-corrected chi connectivity index (χ4v) is 1.68. The minimum absolute atomic E-state index is 0. The second kappa shape index (κ2) is 5.12. The molecule has 0 aromatic heterocycles. The average Bonchev–Trinajstić information content (AvgIpc) is 1.88. The van der Waals surface area contributed by atoms with Gasteiger partial charge in [-0.2, -0.15) is 0 Å². The molecule has 60 valence electrons. The number of carboxylic acid groups (broad SMARTS) is 1. The van der Waals surface area contributed by atoms with E-state index in [4.69, 9.17) is 5.11 Å². The van der Waals surface area contributed by atoms with Crippen molar-refractivity contribution in [2.24, 2.45) is 11.8 Å². The minimum Gasteiger partial charge on any atom is -0.481 e. The Kier molecular flexibility index (Phi) is 5.31. The van der Waals surface area contributed by atoms with Gasteiger partial charge in [0.15, 0.2) is 0 Å². The number of carboxylic acids is 1. The van der Waals surface area contributed by atoms with E-state index >= 15 is 0 Å². The molecule has 0 spiro atoms. The van der Waals surface area contributed by atoms with Crippen molar-refractivity contribution in [1.29, 1.82) is 0 Å². The van der Waals surface area contributed by atoms with Gasteiger partial charge in [0.25, 0.3) is 0 Å². The van der Waals surface area contributed by atoms with Crippen molar-refractivity contribution in [3.05, 3.63) is 0 Å². The number of rotatable bonds is 1. The molecule has 0 aromatic carbocycles. The van der Waals surface area contributed by atoms with Gasteiger partial charge < -0.3 is 5.11 Å². The van der Waals surface area contributed by atoms with E-state index in [1.54, 1.807) is 0 Å². The fourth-order valence-electron chi connectivity index (χ4n) is 1.68. The van der Waals surface area contributed by atoms with Crippen molar-refractivity contribution in [1.82, 2.24) is 0 Å². The fraction of sp³-hybridized carbons (Fsp3) is 0.875. The first-order chi connectivity index (χ1) is 4.72. The van der Waals surface area contributed by atoms with Gasteiger partial charge in [-0.25, -0.2) is 0 Å². The largest absolute Gasteiger partial charge is 0.481 e. The Balaban J connectivity index is 0.000001000. The molecule has 0 saturated heterocycles. The van der Waals surface area contributed by atoms with Gasteiger partial charge in [-0.1, -0.05) is 19.8 Å². The second-order valence-corrected chi connectivity index (χ2v) is 3.21. The summed E-state index contributed by atoms with van der Waals surface area (Å²) in [5.74, 6) is -0.271. The molecule has 1 saturated carbocycles. The zero-order valence-electron chi connectivity index (χ0n) is 7.05. The Labute approximate surface area is 87.9 Å². The van der Waals surface area contributed by atoms with Crippen LogP contribution in [-0.2, 0) is 32.5 Å². The van der Waals surface area contributed by atoms with Gasteiger partial charge in [0.05, 0.1) is 5.92 Å². The summed E-state index contributed by atoms with van der Waals surface area (Å²) in [7, 11) is 0. The quantitative estimate of drug-likeness (QED) is 0.739. The molecule has 11 heavy (non-hydrogen) atoms. The summed E-state index contributed by atoms with van der Waals surface area (Å²) in [6.07, 6.45) is 4.29. The maximum Gasteiger partial charge on any atom is 0.306 e. The van der Waals surface area contributed by atoms with Crippen LogP contribution < -0.4 is 0 Å². The first-order valence-electron chi connectivity index (χ1n) is 3.94. The van der Waals surface area contributed by atoms with Crippen molar-refractivity contribution in [3.8, 4) is 0 Å². The van der Waals surface area contributed by atoms with Gasteiger partial charge in [-0.15, -0.1) is 0 Å². The summed E-state index contributed by atoms with van der Waals surface area (Å²) in [6, 6.07) is 0. The zero-order valence-corrected chi connectivity index (χ0v) is 12.5. The molecule has 0 heterocycles. The molecule has 2 unspecified atom stereocenters. The molecule has 0 amide bonds. The van der Waals surface area contributed by atoms with E-state index in [0.29, 0.717) is 5.92 Å². The molecule has 1 fully saturated rings. The Morgan fingerprint density at radius 1 is 1.36 bits per heavy atom. The van der Waals surface area contributed by atoms with E-state index in [0.717, 1.165) is 19.3 Å². The van der Waals surface area contributed by atoms with Gasteiger partial charge in [0.2, 0.25) is 0 Å². The van der Waals surface area contributed by atoms with Gasteiger partial charge in [-0.05, 0) is 18.8 Å². The number of aliphatic carboxylic acids is 1. The smallest absolute Gasteiger partial charge is 0.306 e. The Hall–Kier alpha value is 0.405. The van der Waals surface area contributed by atoms with Crippen LogP contribution in [0.1, 0.15) is 32.6 Å². The molecule has 0 radical (unpaired) electrons. The van der Waals surface area contributed by atoms with E-state index in [-0.39, 0.29) is 33.6 Å². The van der Waals surface area contributed by atoms with Crippen molar-refractivity contribution < 1.29 is 37.6 Å². The Morgan fingerprint density at radius 2 is 1.91 bits per heavy atom. The first-order valence-corrected chi connectivity index (χ1v) is 3.94. The Morgan fingerprint density at radius 3 is 2.27 bits per heavy atom. The zero-order chi connectivity index (χ0) is 7.56. The molecule has 1 aliphatic carbocycles. The van der Waals surface area contributed by atoms with E-state index in [1.165, 1.54) is 6.42 Å². The predicted molar refractivity (Wildman–Crippen MR) is 38.8 cm³/mol. The predicted octanol–water partition coefficient (Wildman–Crippen LogP) is 1.89. The van der Waals surface area contributed by atoms with Crippen LogP contribution in [0.4, 0.5) is 0 Å². The minimum atomic E-state index is -0.604. The maximum absolute atomic E-state index is 10.6. The monoisotopic (exact) mass is 344 g/mol. The maximum atomic E-state index is 10.6. The summed E-state index contributed by atoms with van der Waals surface area (Å²) in [5.41, 5.74) is 0. The molecular formula is C8H14HgO2. The molecule has 3 heteroatoms. The van der Waals surface area contributed by atoms with Crippen LogP contribution in [0.5, 0.6) is 0 Å². The van der Waals surface area contributed by atoms with Crippen molar-refractivity contribution >= 4 is 5.97 Å². The standard InChI is InChI=1S/C8H14O2.Hg/c1-6-4-2-3-5-7(6)8(9)10;/h6-7H,2-5H2,1H3,(H,9,10);.